The third-order valence-electron chi connectivity index (χ3n) is 6.47. The van der Waals surface area contributed by atoms with Crippen LogP contribution in [0.1, 0.15) is 54.1 Å². The standard InChI is InChI=1S/C27H22F3N5O6/c1-40-26(39)14-5-6-17-15(8-14)9-21(36)22(17)34-25(38)20-10-19(33-23-18(28)12-32-35(20)23)24(37)31-11-13-3-2-4-16(7-13)41-27(29)30/h2-8,10,12,21-22,27,36H,9,11H2,1H3,(H,31,37)(H,34,38)/t21-,22-/m1/s1. The van der Waals surface area contributed by atoms with Crippen molar-refractivity contribution >= 4 is 23.4 Å². The van der Waals surface area contributed by atoms with Gasteiger partial charge >= 0.3 is 12.6 Å². The summed E-state index contributed by atoms with van der Waals surface area (Å²) in [6.45, 7) is -3.12. The van der Waals surface area contributed by atoms with Crippen LogP contribution in [0.2, 0.25) is 0 Å². The van der Waals surface area contributed by atoms with Crippen molar-refractivity contribution in [2.75, 3.05) is 7.11 Å². The number of alkyl halides is 2. The second kappa shape index (κ2) is 11.3. The minimum Gasteiger partial charge on any atom is -0.465 e. The number of ether oxygens (including phenoxy) is 2. The minimum atomic E-state index is -3.01. The molecular formula is C27H22F3N5O6. The number of nitrogens with one attached hydrogen (secondary N) is 2. The van der Waals surface area contributed by atoms with Crippen LogP contribution in [0, 0.1) is 5.82 Å². The van der Waals surface area contributed by atoms with Crippen LogP contribution in [0.15, 0.2) is 54.7 Å². The molecule has 1 aliphatic rings. The molecule has 3 N–H and O–H groups in total. The van der Waals surface area contributed by atoms with E-state index in [4.69, 9.17) is 4.74 Å². The van der Waals surface area contributed by atoms with Crippen LogP contribution in [0.25, 0.3) is 5.65 Å². The smallest absolute Gasteiger partial charge is 0.387 e. The molecule has 2 aromatic heterocycles. The highest BCUT2D eigenvalue weighted by Gasteiger charge is 2.34. The number of hydrogen-bond donors (Lipinski definition) is 3. The summed E-state index contributed by atoms with van der Waals surface area (Å²) in [6, 6.07) is 10.6. The van der Waals surface area contributed by atoms with Gasteiger partial charge in [-0.3, -0.25) is 9.59 Å². The van der Waals surface area contributed by atoms with Crippen molar-refractivity contribution in [2.45, 2.75) is 31.7 Å². The van der Waals surface area contributed by atoms with E-state index in [0.29, 0.717) is 16.7 Å². The zero-order chi connectivity index (χ0) is 29.3. The van der Waals surface area contributed by atoms with E-state index in [1.54, 1.807) is 18.2 Å². The fourth-order valence-electron chi connectivity index (χ4n) is 4.59. The normalized spacial score (nSPS) is 16.0. The molecule has 41 heavy (non-hydrogen) atoms. The Kier molecular flexibility index (Phi) is 7.57. The molecule has 0 saturated heterocycles. The molecule has 0 aliphatic heterocycles. The molecule has 212 valence electrons. The molecule has 0 unspecified atom stereocenters. The first-order valence-electron chi connectivity index (χ1n) is 12.2. The van der Waals surface area contributed by atoms with E-state index in [1.165, 1.54) is 31.4 Å². The van der Waals surface area contributed by atoms with Crippen LogP contribution in [0.5, 0.6) is 5.75 Å². The predicted molar refractivity (Wildman–Crippen MR) is 135 cm³/mol. The summed E-state index contributed by atoms with van der Waals surface area (Å²) < 4.78 is 49.5. The second-order valence-electron chi connectivity index (χ2n) is 9.09. The summed E-state index contributed by atoms with van der Waals surface area (Å²) in [5, 5.41) is 19.7. The van der Waals surface area contributed by atoms with Gasteiger partial charge in [-0.25, -0.2) is 18.7 Å². The molecule has 0 spiro atoms. The molecule has 2 amide bonds. The van der Waals surface area contributed by atoms with Crippen molar-refractivity contribution in [1.29, 1.82) is 0 Å². The van der Waals surface area contributed by atoms with Crippen LogP contribution in [-0.2, 0) is 17.7 Å². The molecule has 0 radical (unpaired) electrons. The SMILES string of the molecule is COC(=O)c1ccc2c(c1)C[C@@H](O)[C@@H]2NC(=O)c1cc(C(=O)NCc2cccc(OC(F)F)c2)nc2c(F)cnn12. The number of aromatic nitrogens is 3. The largest absolute Gasteiger partial charge is 0.465 e. The Morgan fingerprint density at radius 1 is 1.15 bits per heavy atom. The Hall–Kier alpha value is -4.98. The Labute approximate surface area is 229 Å². The number of rotatable bonds is 8. The number of aliphatic hydroxyl groups excluding tert-OH is 1. The maximum atomic E-state index is 14.5. The zero-order valence-corrected chi connectivity index (χ0v) is 21.3. The van der Waals surface area contributed by atoms with E-state index < -0.39 is 42.4 Å². The number of fused-ring (bicyclic) bond motifs is 2. The lowest BCUT2D eigenvalue weighted by atomic mass is 10.0. The lowest BCUT2D eigenvalue weighted by Gasteiger charge is -2.18. The fourth-order valence-corrected chi connectivity index (χ4v) is 4.59. The summed E-state index contributed by atoms with van der Waals surface area (Å²) in [7, 11) is 1.25. The average Bonchev–Trinajstić information content (AvgIpc) is 3.48. The molecule has 5 rings (SSSR count). The first-order valence-corrected chi connectivity index (χ1v) is 12.2. The number of aliphatic hydroxyl groups is 1. The highest BCUT2D eigenvalue weighted by atomic mass is 19.3. The molecule has 0 fully saturated rings. The molecular weight excluding hydrogens is 547 g/mol. The van der Waals surface area contributed by atoms with Gasteiger partial charge in [0.05, 0.1) is 31.0 Å². The van der Waals surface area contributed by atoms with E-state index in [-0.39, 0.29) is 41.3 Å². The predicted octanol–water partition coefficient (Wildman–Crippen LogP) is 2.57. The van der Waals surface area contributed by atoms with Gasteiger partial charge in [-0.1, -0.05) is 18.2 Å². The molecule has 2 heterocycles. The number of benzene rings is 2. The number of carbonyl (C=O) groups excluding carboxylic acids is 3. The van der Waals surface area contributed by atoms with Gasteiger partial charge in [0.1, 0.15) is 17.1 Å². The van der Waals surface area contributed by atoms with Gasteiger partial charge in [-0.05, 0) is 41.0 Å². The van der Waals surface area contributed by atoms with Gasteiger partial charge < -0.3 is 25.2 Å². The van der Waals surface area contributed by atoms with Gasteiger partial charge in [0.15, 0.2) is 11.5 Å². The van der Waals surface area contributed by atoms with Crippen LogP contribution < -0.4 is 15.4 Å². The number of halogens is 3. The number of nitrogens with zero attached hydrogens (tertiary/aromatic N) is 3. The zero-order valence-electron chi connectivity index (χ0n) is 21.3. The van der Waals surface area contributed by atoms with Crippen molar-refractivity contribution in [1.82, 2.24) is 25.2 Å². The molecule has 0 saturated carbocycles. The molecule has 1 aliphatic carbocycles. The number of hydrogen-bond acceptors (Lipinski definition) is 8. The monoisotopic (exact) mass is 569 g/mol. The van der Waals surface area contributed by atoms with Gasteiger partial charge in [0, 0.05) is 19.0 Å². The average molecular weight is 569 g/mol. The highest BCUT2D eigenvalue weighted by molar-refractivity contribution is 5.98. The minimum absolute atomic E-state index is 0.0937. The van der Waals surface area contributed by atoms with E-state index in [0.717, 1.165) is 16.8 Å². The molecule has 14 heteroatoms. The van der Waals surface area contributed by atoms with Crippen LogP contribution in [0.4, 0.5) is 13.2 Å². The maximum absolute atomic E-state index is 14.5. The molecule has 2 atom stereocenters. The van der Waals surface area contributed by atoms with Gasteiger partial charge in [0.2, 0.25) is 0 Å². The Morgan fingerprint density at radius 2 is 1.95 bits per heavy atom. The van der Waals surface area contributed by atoms with Crippen molar-refractivity contribution in [3.63, 3.8) is 0 Å². The van der Waals surface area contributed by atoms with Crippen molar-refractivity contribution in [3.8, 4) is 5.75 Å². The third-order valence-corrected chi connectivity index (χ3v) is 6.47. The maximum Gasteiger partial charge on any atom is 0.387 e. The summed E-state index contributed by atoms with van der Waals surface area (Å²) >= 11 is 0. The van der Waals surface area contributed by atoms with E-state index in [1.807, 2.05) is 0 Å². The summed E-state index contributed by atoms with van der Waals surface area (Å²) in [5.74, 6) is -3.07. The molecule has 0 bridgehead atoms. The van der Waals surface area contributed by atoms with E-state index in [9.17, 15) is 32.7 Å². The number of esters is 1. The third kappa shape index (κ3) is 5.68. The van der Waals surface area contributed by atoms with E-state index in [2.05, 4.69) is 25.5 Å². The fraction of sp³-hybridized carbons (Fsp3) is 0.222. The number of methoxy groups -OCH3 is 1. The Balaban J connectivity index is 1.38. The molecule has 4 aromatic rings. The summed E-state index contributed by atoms with van der Waals surface area (Å²) in [5.41, 5.74) is 1.02. The van der Waals surface area contributed by atoms with Gasteiger partial charge in [-0.15, -0.1) is 0 Å². The molecule has 2 aromatic carbocycles. The first kappa shape index (κ1) is 27.6. The Bertz CT molecular complexity index is 1660. The topological polar surface area (TPSA) is 144 Å². The second-order valence-corrected chi connectivity index (χ2v) is 9.09. The summed E-state index contributed by atoms with van der Waals surface area (Å²) in [6.07, 6.45) is -0.0329. The van der Waals surface area contributed by atoms with Gasteiger partial charge in [-0.2, -0.15) is 13.9 Å². The number of carbonyl (C=O) groups is 3. The van der Waals surface area contributed by atoms with Crippen molar-refractivity contribution < 1.29 is 42.1 Å². The summed E-state index contributed by atoms with van der Waals surface area (Å²) in [4.78, 5) is 42.1. The van der Waals surface area contributed by atoms with Gasteiger partial charge in [0.25, 0.3) is 11.8 Å². The van der Waals surface area contributed by atoms with Crippen LogP contribution >= 0.6 is 0 Å². The van der Waals surface area contributed by atoms with E-state index >= 15 is 0 Å². The Morgan fingerprint density at radius 3 is 2.71 bits per heavy atom. The quantitative estimate of drug-likeness (QED) is 0.275. The van der Waals surface area contributed by atoms with Crippen LogP contribution in [0.3, 0.4) is 0 Å². The number of amides is 2. The van der Waals surface area contributed by atoms with Crippen molar-refractivity contribution in [3.05, 3.63) is 94.2 Å². The van der Waals surface area contributed by atoms with Crippen molar-refractivity contribution in [2.24, 2.45) is 0 Å². The molecule has 11 nitrogen and oxygen atoms in total. The van der Waals surface area contributed by atoms with Crippen LogP contribution in [-0.4, -0.2) is 57.3 Å². The lowest BCUT2D eigenvalue weighted by Crippen LogP contribution is -2.35. The first-order chi connectivity index (χ1) is 19.6. The highest BCUT2D eigenvalue weighted by Crippen LogP contribution is 2.33. The lowest BCUT2D eigenvalue weighted by molar-refractivity contribution is -0.0499.